The van der Waals surface area contributed by atoms with Gasteiger partial charge in [-0.2, -0.15) is 0 Å². The average molecular weight is 447 g/mol. The molecule has 0 saturated carbocycles. The zero-order valence-electron chi connectivity index (χ0n) is 17.9. The molecule has 2 amide bonds. The van der Waals surface area contributed by atoms with Crippen molar-refractivity contribution >= 4 is 23.4 Å². The first-order chi connectivity index (χ1) is 15.4. The number of rotatable bonds is 4. The summed E-state index contributed by atoms with van der Waals surface area (Å²) in [5.41, 5.74) is 1.83. The van der Waals surface area contributed by atoms with Gasteiger partial charge in [0.15, 0.2) is 5.66 Å². The summed E-state index contributed by atoms with van der Waals surface area (Å²) >= 11 is 6.16. The topological polar surface area (TPSA) is 49.9 Å². The highest BCUT2D eigenvalue weighted by atomic mass is 35.5. The summed E-state index contributed by atoms with van der Waals surface area (Å²) in [7, 11) is 0. The Morgan fingerprint density at radius 1 is 0.969 bits per heavy atom. The van der Waals surface area contributed by atoms with Gasteiger partial charge in [0.05, 0.1) is 6.10 Å². The van der Waals surface area contributed by atoms with Gasteiger partial charge in [-0.05, 0) is 56.3 Å². The summed E-state index contributed by atoms with van der Waals surface area (Å²) in [5, 5.41) is 0.603. The summed E-state index contributed by atoms with van der Waals surface area (Å²) in [4.78, 5) is 30.7. The molecule has 0 N–H and O–H groups in total. The number of carbonyl (C=O) groups is 2. The Morgan fingerprint density at radius 3 is 2.34 bits per heavy atom. The van der Waals surface area contributed by atoms with E-state index in [1.807, 2.05) is 62.4 Å². The van der Waals surface area contributed by atoms with Crippen molar-refractivity contribution in [3.63, 3.8) is 0 Å². The number of hydrogen-bond donors (Lipinski definition) is 0. The summed E-state index contributed by atoms with van der Waals surface area (Å²) in [5.74, 6) is 0.517. The van der Waals surface area contributed by atoms with Crippen LogP contribution in [-0.4, -0.2) is 40.8 Å². The zero-order valence-corrected chi connectivity index (χ0v) is 18.7. The second kappa shape index (κ2) is 7.68. The SMILES string of the molecule is CC(C)Oc1ccc(C(=O)N2CCN3C(=O)c4ccccc4C23c2ccc(Cl)cc2)cc1. The molecule has 162 valence electrons. The van der Waals surface area contributed by atoms with Gasteiger partial charge in [-0.3, -0.25) is 9.59 Å². The Bertz CT molecular complexity index is 1190. The van der Waals surface area contributed by atoms with Gasteiger partial charge in [-0.15, -0.1) is 0 Å². The zero-order chi connectivity index (χ0) is 22.5. The molecule has 0 aromatic heterocycles. The van der Waals surface area contributed by atoms with Gasteiger partial charge in [0.2, 0.25) is 0 Å². The van der Waals surface area contributed by atoms with E-state index >= 15 is 0 Å². The van der Waals surface area contributed by atoms with Crippen LogP contribution in [-0.2, 0) is 5.66 Å². The van der Waals surface area contributed by atoms with Crippen molar-refractivity contribution < 1.29 is 14.3 Å². The minimum absolute atomic E-state index is 0.0536. The molecule has 3 aromatic carbocycles. The van der Waals surface area contributed by atoms with Crippen molar-refractivity contribution in [3.8, 4) is 5.75 Å². The standard InChI is InChI=1S/C26H23ClN2O3/c1-17(2)32-21-13-7-18(8-14-21)24(30)28-15-16-29-25(31)22-5-3-4-6-23(22)26(28,29)19-9-11-20(27)12-10-19/h3-14,17H,15-16H2,1-2H3. The Balaban J connectivity index is 1.63. The van der Waals surface area contributed by atoms with Gasteiger partial charge in [0.1, 0.15) is 5.75 Å². The number of benzene rings is 3. The second-order valence-corrected chi connectivity index (χ2v) is 8.77. The third kappa shape index (κ3) is 3.00. The van der Waals surface area contributed by atoms with Crippen molar-refractivity contribution in [2.45, 2.75) is 25.6 Å². The van der Waals surface area contributed by atoms with Crippen molar-refractivity contribution in [1.82, 2.24) is 9.80 Å². The van der Waals surface area contributed by atoms with Crippen LogP contribution in [0.3, 0.4) is 0 Å². The predicted octanol–water partition coefficient (Wildman–Crippen LogP) is 4.94. The lowest BCUT2D eigenvalue weighted by Crippen LogP contribution is -2.51. The Labute approximate surface area is 192 Å². The second-order valence-electron chi connectivity index (χ2n) is 8.33. The molecule has 5 rings (SSSR count). The quantitative estimate of drug-likeness (QED) is 0.570. The van der Waals surface area contributed by atoms with Crippen LogP contribution < -0.4 is 4.74 Å². The maximum absolute atomic E-state index is 13.8. The maximum atomic E-state index is 13.8. The number of ether oxygens (including phenoxy) is 1. The summed E-state index contributed by atoms with van der Waals surface area (Å²) < 4.78 is 5.71. The molecule has 1 atom stereocenters. The normalized spacial score (nSPS) is 19.3. The summed E-state index contributed by atoms with van der Waals surface area (Å²) in [6.07, 6.45) is 0.0536. The van der Waals surface area contributed by atoms with Crippen LogP contribution in [0.4, 0.5) is 0 Å². The number of hydrogen-bond acceptors (Lipinski definition) is 3. The molecule has 0 radical (unpaired) electrons. The molecule has 2 aliphatic rings. The molecule has 2 heterocycles. The molecule has 0 bridgehead atoms. The van der Waals surface area contributed by atoms with E-state index in [0.717, 1.165) is 11.1 Å². The number of halogens is 1. The molecular formula is C26H23ClN2O3. The monoisotopic (exact) mass is 446 g/mol. The van der Waals surface area contributed by atoms with E-state index in [4.69, 9.17) is 16.3 Å². The van der Waals surface area contributed by atoms with Crippen LogP contribution in [0.1, 0.15) is 45.7 Å². The van der Waals surface area contributed by atoms with Crippen LogP contribution in [0.2, 0.25) is 5.02 Å². The van der Waals surface area contributed by atoms with E-state index in [2.05, 4.69) is 0 Å². The first-order valence-electron chi connectivity index (χ1n) is 10.7. The van der Waals surface area contributed by atoms with Gasteiger partial charge in [-0.1, -0.05) is 41.9 Å². The van der Waals surface area contributed by atoms with Crippen LogP contribution in [0.15, 0.2) is 72.8 Å². The highest BCUT2D eigenvalue weighted by Gasteiger charge is 2.59. The first-order valence-corrected chi connectivity index (χ1v) is 11.1. The lowest BCUT2D eigenvalue weighted by molar-refractivity contribution is 0.0375. The number of amides is 2. The van der Waals surface area contributed by atoms with Gasteiger partial charge in [-0.25, -0.2) is 0 Å². The van der Waals surface area contributed by atoms with Crippen LogP contribution in [0.5, 0.6) is 5.75 Å². The minimum Gasteiger partial charge on any atom is -0.491 e. The molecule has 1 fully saturated rings. The fourth-order valence-electron chi connectivity index (χ4n) is 4.83. The largest absolute Gasteiger partial charge is 0.491 e. The van der Waals surface area contributed by atoms with E-state index < -0.39 is 5.66 Å². The third-order valence-corrected chi connectivity index (χ3v) is 6.32. The van der Waals surface area contributed by atoms with Crippen molar-refractivity contribution in [2.24, 2.45) is 0 Å². The fraction of sp³-hybridized carbons (Fsp3) is 0.231. The number of carbonyl (C=O) groups excluding carboxylic acids is 2. The van der Waals surface area contributed by atoms with Crippen molar-refractivity contribution in [1.29, 1.82) is 0 Å². The summed E-state index contributed by atoms with van der Waals surface area (Å²) in [6, 6.07) is 22.1. The molecule has 1 saturated heterocycles. The molecule has 1 unspecified atom stereocenters. The molecule has 3 aromatic rings. The molecule has 32 heavy (non-hydrogen) atoms. The van der Waals surface area contributed by atoms with E-state index in [1.165, 1.54) is 0 Å². The van der Waals surface area contributed by atoms with Gasteiger partial charge >= 0.3 is 0 Å². The van der Waals surface area contributed by atoms with Crippen molar-refractivity contribution in [2.75, 3.05) is 13.1 Å². The predicted molar refractivity (Wildman–Crippen MR) is 123 cm³/mol. The van der Waals surface area contributed by atoms with Gasteiger partial charge < -0.3 is 14.5 Å². The van der Waals surface area contributed by atoms with Gasteiger partial charge in [0.25, 0.3) is 11.8 Å². The maximum Gasteiger partial charge on any atom is 0.256 e. The Kier molecular flexibility index (Phi) is 4.94. The lowest BCUT2D eigenvalue weighted by Gasteiger charge is -2.40. The average Bonchev–Trinajstić information content (AvgIpc) is 3.30. The third-order valence-electron chi connectivity index (χ3n) is 6.07. The summed E-state index contributed by atoms with van der Waals surface area (Å²) in [6.45, 7) is 4.81. The number of fused-ring (bicyclic) bond motifs is 3. The Hall–Kier alpha value is -3.31. The molecule has 0 aliphatic carbocycles. The fourth-order valence-corrected chi connectivity index (χ4v) is 4.96. The number of nitrogens with zero attached hydrogens (tertiary/aromatic N) is 2. The highest BCUT2D eigenvalue weighted by Crippen LogP contribution is 2.50. The molecule has 6 heteroatoms. The van der Waals surface area contributed by atoms with E-state index in [1.54, 1.807) is 34.1 Å². The highest BCUT2D eigenvalue weighted by molar-refractivity contribution is 6.30. The van der Waals surface area contributed by atoms with Crippen LogP contribution >= 0.6 is 11.6 Å². The van der Waals surface area contributed by atoms with Crippen LogP contribution in [0.25, 0.3) is 0 Å². The van der Waals surface area contributed by atoms with E-state index in [0.29, 0.717) is 35.0 Å². The smallest absolute Gasteiger partial charge is 0.256 e. The van der Waals surface area contributed by atoms with Crippen molar-refractivity contribution in [3.05, 3.63) is 100 Å². The molecule has 2 aliphatic heterocycles. The van der Waals surface area contributed by atoms with Gasteiger partial charge in [0, 0.05) is 40.4 Å². The minimum atomic E-state index is -0.998. The molecule has 0 spiro atoms. The van der Waals surface area contributed by atoms with E-state index in [9.17, 15) is 9.59 Å². The lowest BCUT2D eigenvalue weighted by atomic mass is 9.89. The first kappa shape index (κ1) is 20.6. The van der Waals surface area contributed by atoms with E-state index in [-0.39, 0.29) is 17.9 Å². The Morgan fingerprint density at radius 2 is 1.66 bits per heavy atom. The van der Waals surface area contributed by atoms with Crippen LogP contribution in [0, 0.1) is 0 Å². The molecular weight excluding hydrogens is 424 g/mol. The molecule has 5 nitrogen and oxygen atoms in total.